The standard InChI is InChI=1S/C36H52FN7O2/c1-24-22-36(3,4)14-11-32(24)42-35(44-20-16-39-25(2)23-44)41-29-9-10-30(31(38)21-29)34(46)40-15-19-43-17-12-27(13-18-43)33(45)26-5-7-28(37)8-6-26/h5-10,21,24-25,27,32,39H,11-20,22-23,38H2,1-4H3,(H,40,46)(H,41,42)/t24-,25-,32-/m0/s1. The average Bonchev–Trinajstić information content (AvgIpc) is 3.02. The summed E-state index contributed by atoms with van der Waals surface area (Å²) >= 11 is 0. The highest BCUT2D eigenvalue weighted by Gasteiger charge is 2.33. The number of nitrogens with two attached hydrogens (primary N) is 1. The Kier molecular flexibility index (Phi) is 11.0. The van der Waals surface area contributed by atoms with E-state index in [1.807, 2.05) is 12.1 Å². The summed E-state index contributed by atoms with van der Waals surface area (Å²) in [5, 5.41) is 10.1. The van der Waals surface area contributed by atoms with Gasteiger partial charge in [-0.1, -0.05) is 20.8 Å². The maximum absolute atomic E-state index is 13.2. The number of carbonyl (C=O) groups is 2. The lowest BCUT2D eigenvalue weighted by Crippen LogP contribution is -2.53. The fourth-order valence-corrected chi connectivity index (χ4v) is 7.27. The largest absolute Gasteiger partial charge is 0.398 e. The Bertz CT molecular complexity index is 1390. The SMILES string of the molecule is C[C@H]1CN(C(=N[C@H]2CCC(C)(C)C[C@@H]2C)Nc2ccc(C(=O)NCCN3CCC(C(=O)c4ccc(F)cc4)CC3)c(N)c2)CCN1. The number of aliphatic imine (C=N–C) groups is 1. The van der Waals surface area contributed by atoms with Crippen LogP contribution in [-0.2, 0) is 0 Å². The van der Waals surface area contributed by atoms with Crippen LogP contribution in [0.25, 0.3) is 0 Å². The topological polar surface area (TPSA) is 115 Å². The maximum atomic E-state index is 13.2. The first-order valence-corrected chi connectivity index (χ1v) is 17.0. The van der Waals surface area contributed by atoms with Gasteiger partial charge in [0.25, 0.3) is 5.91 Å². The molecule has 0 aromatic heterocycles. The Morgan fingerprint density at radius 1 is 1.07 bits per heavy atom. The van der Waals surface area contributed by atoms with E-state index in [9.17, 15) is 14.0 Å². The van der Waals surface area contributed by atoms with Gasteiger partial charge in [-0.2, -0.15) is 0 Å². The smallest absolute Gasteiger partial charge is 0.253 e. The lowest BCUT2D eigenvalue weighted by atomic mass is 9.71. The molecule has 3 aliphatic rings. The highest BCUT2D eigenvalue weighted by molar-refractivity contribution is 6.01. The molecule has 1 saturated carbocycles. The third-order valence-electron chi connectivity index (χ3n) is 9.96. The molecule has 2 aliphatic heterocycles. The first kappa shape index (κ1) is 33.9. The molecule has 0 spiro atoms. The number of piperazine rings is 1. The summed E-state index contributed by atoms with van der Waals surface area (Å²) in [6, 6.07) is 11.9. The fraction of sp³-hybridized carbons (Fsp3) is 0.583. The third kappa shape index (κ3) is 8.85. The molecule has 2 saturated heterocycles. The van der Waals surface area contributed by atoms with Crippen molar-refractivity contribution in [1.82, 2.24) is 20.4 Å². The number of rotatable bonds is 8. The van der Waals surface area contributed by atoms with Gasteiger partial charge in [0.15, 0.2) is 11.7 Å². The number of anilines is 2. The number of halogens is 1. The fourth-order valence-electron chi connectivity index (χ4n) is 7.27. The molecule has 250 valence electrons. The zero-order valence-corrected chi connectivity index (χ0v) is 27.9. The van der Waals surface area contributed by atoms with Crippen molar-refractivity contribution in [3.05, 3.63) is 59.4 Å². The van der Waals surface area contributed by atoms with Crippen molar-refractivity contribution in [3.63, 3.8) is 0 Å². The number of benzene rings is 2. The number of nitrogen functional groups attached to an aromatic ring is 1. The average molecular weight is 634 g/mol. The Balaban J connectivity index is 1.14. The molecular weight excluding hydrogens is 581 g/mol. The zero-order chi connectivity index (χ0) is 32.8. The molecule has 2 heterocycles. The number of guanidine groups is 1. The molecule has 1 amide bonds. The number of hydrogen-bond acceptors (Lipinski definition) is 6. The summed E-state index contributed by atoms with van der Waals surface area (Å²) < 4.78 is 13.2. The predicted molar refractivity (Wildman–Crippen MR) is 184 cm³/mol. The summed E-state index contributed by atoms with van der Waals surface area (Å²) in [5.74, 6) is 0.874. The molecule has 5 rings (SSSR count). The van der Waals surface area contributed by atoms with Crippen molar-refractivity contribution < 1.29 is 14.0 Å². The number of nitrogens with zero attached hydrogens (tertiary/aromatic N) is 3. The molecular formula is C36H52FN7O2. The number of hydrogen-bond donors (Lipinski definition) is 4. The number of piperidine rings is 1. The van der Waals surface area contributed by atoms with Gasteiger partial charge in [0.2, 0.25) is 0 Å². The van der Waals surface area contributed by atoms with Crippen LogP contribution >= 0.6 is 0 Å². The van der Waals surface area contributed by atoms with Gasteiger partial charge in [0.05, 0.1) is 11.6 Å². The molecule has 0 bridgehead atoms. The van der Waals surface area contributed by atoms with Gasteiger partial charge in [0, 0.05) is 61.6 Å². The molecule has 0 unspecified atom stereocenters. The Labute approximate surface area is 273 Å². The second kappa shape index (κ2) is 14.9. The van der Waals surface area contributed by atoms with Crippen LogP contribution in [0.4, 0.5) is 15.8 Å². The Morgan fingerprint density at radius 2 is 1.80 bits per heavy atom. The van der Waals surface area contributed by atoms with Crippen LogP contribution in [-0.4, -0.2) is 85.3 Å². The van der Waals surface area contributed by atoms with Gasteiger partial charge in [-0.25, -0.2) is 9.38 Å². The molecule has 9 nitrogen and oxygen atoms in total. The number of carbonyl (C=O) groups excluding carboxylic acids is 2. The molecule has 3 atom stereocenters. The lowest BCUT2D eigenvalue weighted by molar-refractivity contribution is 0.0839. The van der Waals surface area contributed by atoms with E-state index in [2.05, 4.69) is 53.4 Å². The van der Waals surface area contributed by atoms with Gasteiger partial charge in [0.1, 0.15) is 5.82 Å². The number of ketones is 1. The van der Waals surface area contributed by atoms with Crippen molar-refractivity contribution >= 4 is 29.0 Å². The van der Waals surface area contributed by atoms with Crippen molar-refractivity contribution in [1.29, 1.82) is 0 Å². The number of nitrogens with one attached hydrogen (secondary N) is 3. The molecule has 2 aromatic rings. The van der Waals surface area contributed by atoms with E-state index in [0.717, 1.165) is 63.6 Å². The summed E-state index contributed by atoms with van der Waals surface area (Å²) in [6.07, 6.45) is 4.92. The van der Waals surface area contributed by atoms with Crippen LogP contribution in [0.5, 0.6) is 0 Å². The molecule has 5 N–H and O–H groups in total. The minimum Gasteiger partial charge on any atom is -0.398 e. The van der Waals surface area contributed by atoms with Crippen molar-refractivity contribution in [2.75, 3.05) is 56.9 Å². The minimum absolute atomic E-state index is 0.0537. The van der Waals surface area contributed by atoms with E-state index >= 15 is 0 Å². The van der Waals surface area contributed by atoms with Gasteiger partial charge in [-0.05, 0) is 106 Å². The third-order valence-corrected chi connectivity index (χ3v) is 9.96. The molecule has 10 heteroatoms. The summed E-state index contributed by atoms with van der Waals surface area (Å²) in [5.41, 5.74) is 9.04. The minimum atomic E-state index is -0.337. The maximum Gasteiger partial charge on any atom is 0.253 e. The second-order valence-corrected chi connectivity index (χ2v) is 14.4. The normalized spacial score (nSPS) is 24.4. The highest BCUT2D eigenvalue weighted by atomic mass is 19.1. The van der Waals surface area contributed by atoms with Gasteiger partial charge < -0.3 is 31.5 Å². The van der Waals surface area contributed by atoms with Crippen molar-refractivity contribution in [3.8, 4) is 0 Å². The summed E-state index contributed by atoms with van der Waals surface area (Å²) in [4.78, 5) is 35.7. The molecule has 0 radical (unpaired) electrons. The van der Waals surface area contributed by atoms with Gasteiger partial charge in [-0.15, -0.1) is 0 Å². The van der Waals surface area contributed by atoms with E-state index in [4.69, 9.17) is 10.7 Å². The molecule has 46 heavy (non-hydrogen) atoms. The van der Waals surface area contributed by atoms with Crippen LogP contribution in [0.1, 0.15) is 80.5 Å². The molecule has 3 fully saturated rings. The second-order valence-electron chi connectivity index (χ2n) is 14.4. The van der Waals surface area contributed by atoms with Crippen LogP contribution in [0, 0.1) is 23.1 Å². The van der Waals surface area contributed by atoms with Crippen molar-refractivity contribution in [2.24, 2.45) is 22.2 Å². The molecule has 1 aliphatic carbocycles. The monoisotopic (exact) mass is 633 g/mol. The van der Waals surface area contributed by atoms with E-state index in [-0.39, 0.29) is 29.5 Å². The number of Topliss-reactive ketones (excluding diaryl/α,β-unsaturated/α-hetero) is 1. The highest BCUT2D eigenvalue weighted by Crippen LogP contribution is 2.40. The summed E-state index contributed by atoms with van der Waals surface area (Å²) in [6.45, 7) is 14.6. The first-order chi connectivity index (χ1) is 22.0. The van der Waals surface area contributed by atoms with E-state index in [0.29, 0.717) is 47.3 Å². The van der Waals surface area contributed by atoms with Crippen LogP contribution in [0.15, 0.2) is 47.5 Å². The van der Waals surface area contributed by atoms with Crippen molar-refractivity contribution in [2.45, 2.75) is 71.9 Å². The quantitative estimate of drug-likeness (QED) is 0.140. The zero-order valence-electron chi connectivity index (χ0n) is 27.9. The van der Waals surface area contributed by atoms with Gasteiger partial charge >= 0.3 is 0 Å². The van der Waals surface area contributed by atoms with Crippen LogP contribution in [0.2, 0.25) is 0 Å². The Hall–Kier alpha value is -3.50. The lowest BCUT2D eigenvalue weighted by Gasteiger charge is -2.39. The Morgan fingerprint density at radius 3 is 2.48 bits per heavy atom. The molecule has 2 aromatic carbocycles. The number of amides is 1. The predicted octanol–water partition coefficient (Wildman–Crippen LogP) is 5.01. The number of likely N-dealkylation sites (tertiary alicyclic amines) is 1. The van der Waals surface area contributed by atoms with E-state index < -0.39 is 0 Å². The summed E-state index contributed by atoms with van der Waals surface area (Å²) in [7, 11) is 0. The van der Waals surface area contributed by atoms with E-state index in [1.54, 1.807) is 18.2 Å². The van der Waals surface area contributed by atoms with Gasteiger partial charge in [-0.3, -0.25) is 9.59 Å². The van der Waals surface area contributed by atoms with E-state index in [1.165, 1.54) is 25.0 Å². The van der Waals surface area contributed by atoms with Crippen LogP contribution < -0.4 is 21.7 Å². The first-order valence-electron chi connectivity index (χ1n) is 17.0. The van der Waals surface area contributed by atoms with Crippen LogP contribution in [0.3, 0.4) is 0 Å².